The SMILES string of the molecule is O=C(c1ccccc1Cl)C1C(C(=O)c2ccc(Cl)cc2)C2(C(=O)Nc3ccccc32)C2C=Cc3ccccc3N12. The molecule has 1 saturated heterocycles. The van der Waals surface area contributed by atoms with E-state index in [4.69, 9.17) is 23.2 Å². The molecule has 4 atom stereocenters. The van der Waals surface area contributed by atoms with Gasteiger partial charge in [-0.15, -0.1) is 0 Å². The van der Waals surface area contributed by atoms with Gasteiger partial charge in [-0.2, -0.15) is 0 Å². The Hall–Kier alpha value is -4.19. The lowest BCUT2D eigenvalue weighted by molar-refractivity contribution is -0.121. The fraction of sp³-hybridized carbons (Fsp3) is 0.121. The van der Waals surface area contributed by atoms with Crippen molar-refractivity contribution in [3.05, 3.63) is 135 Å². The molecule has 4 aromatic carbocycles. The van der Waals surface area contributed by atoms with Crippen LogP contribution in [0.5, 0.6) is 0 Å². The number of nitrogens with zero attached hydrogens (tertiary/aromatic N) is 1. The van der Waals surface area contributed by atoms with Crippen LogP contribution in [0, 0.1) is 5.92 Å². The largest absolute Gasteiger partial charge is 0.352 e. The molecule has 7 rings (SSSR count). The van der Waals surface area contributed by atoms with Gasteiger partial charge in [0.15, 0.2) is 11.6 Å². The highest BCUT2D eigenvalue weighted by Gasteiger charge is 2.70. The predicted molar refractivity (Wildman–Crippen MR) is 157 cm³/mol. The Kier molecular flexibility index (Phi) is 5.70. The molecule has 0 aliphatic carbocycles. The number of hydrogen-bond acceptors (Lipinski definition) is 4. The molecule has 1 N–H and O–H groups in total. The number of ketones is 2. The summed E-state index contributed by atoms with van der Waals surface area (Å²) in [6.07, 6.45) is 3.92. The van der Waals surface area contributed by atoms with Gasteiger partial charge in [-0.1, -0.05) is 83.9 Å². The number of anilines is 2. The molecule has 1 spiro atoms. The Morgan fingerprint density at radius 3 is 2.30 bits per heavy atom. The number of para-hydroxylation sites is 2. The number of Topliss-reactive ketones (excluding diaryl/α,β-unsaturated/α-hetero) is 2. The van der Waals surface area contributed by atoms with E-state index in [-0.39, 0.29) is 17.5 Å². The zero-order valence-electron chi connectivity index (χ0n) is 21.1. The van der Waals surface area contributed by atoms with Crippen LogP contribution in [0.25, 0.3) is 6.08 Å². The number of amides is 1. The van der Waals surface area contributed by atoms with Crippen molar-refractivity contribution in [1.29, 1.82) is 0 Å². The van der Waals surface area contributed by atoms with Gasteiger partial charge in [0.05, 0.1) is 17.0 Å². The zero-order chi connectivity index (χ0) is 27.6. The van der Waals surface area contributed by atoms with Gasteiger partial charge in [-0.05, 0) is 59.7 Å². The van der Waals surface area contributed by atoms with Crippen molar-refractivity contribution in [2.24, 2.45) is 5.92 Å². The summed E-state index contributed by atoms with van der Waals surface area (Å²) in [7, 11) is 0. The van der Waals surface area contributed by atoms with E-state index in [9.17, 15) is 14.4 Å². The van der Waals surface area contributed by atoms with Gasteiger partial charge in [0.25, 0.3) is 0 Å². The molecule has 196 valence electrons. The number of halogens is 2. The van der Waals surface area contributed by atoms with Gasteiger partial charge >= 0.3 is 0 Å². The fourth-order valence-corrected chi connectivity index (χ4v) is 7.09. The molecule has 7 heteroatoms. The smallest absolute Gasteiger partial charge is 0.238 e. The second-order valence-corrected chi connectivity index (χ2v) is 11.1. The van der Waals surface area contributed by atoms with Gasteiger partial charge < -0.3 is 10.2 Å². The zero-order valence-corrected chi connectivity index (χ0v) is 22.6. The van der Waals surface area contributed by atoms with E-state index >= 15 is 0 Å². The Morgan fingerprint density at radius 1 is 0.800 bits per heavy atom. The Balaban J connectivity index is 1.55. The van der Waals surface area contributed by atoms with Gasteiger partial charge in [-0.3, -0.25) is 14.4 Å². The molecule has 5 nitrogen and oxygen atoms in total. The number of nitrogens with one attached hydrogen (secondary N) is 1. The van der Waals surface area contributed by atoms with Crippen LogP contribution in [0.15, 0.2) is 103 Å². The number of hydrogen-bond donors (Lipinski definition) is 1. The normalized spacial score (nSPS) is 23.9. The van der Waals surface area contributed by atoms with Crippen LogP contribution in [0.4, 0.5) is 11.4 Å². The van der Waals surface area contributed by atoms with Crippen molar-refractivity contribution >= 4 is 58.1 Å². The quantitative estimate of drug-likeness (QED) is 0.275. The molecular weight excluding hydrogens is 543 g/mol. The summed E-state index contributed by atoms with van der Waals surface area (Å²) in [5, 5.41) is 3.81. The molecule has 3 aliphatic rings. The summed E-state index contributed by atoms with van der Waals surface area (Å²) in [6.45, 7) is 0. The summed E-state index contributed by atoms with van der Waals surface area (Å²) in [5.74, 6) is -2.01. The number of rotatable bonds is 4. The minimum Gasteiger partial charge on any atom is -0.352 e. The second-order valence-electron chi connectivity index (χ2n) is 10.3. The minimum absolute atomic E-state index is 0.291. The average molecular weight is 565 g/mol. The van der Waals surface area contributed by atoms with Gasteiger partial charge in [0, 0.05) is 27.5 Å². The summed E-state index contributed by atoms with van der Waals surface area (Å²) in [4.78, 5) is 45.6. The average Bonchev–Trinajstić information content (AvgIpc) is 3.45. The van der Waals surface area contributed by atoms with Crippen LogP contribution in [0.2, 0.25) is 10.0 Å². The summed E-state index contributed by atoms with van der Waals surface area (Å²) < 4.78 is 0. The maximum atomic E-state index is 14.7. The highest BCUT2D eigenvalue weighted by Crippen LogP contribution is 2.58. The molecule has 0 saturated carbocycles. The molecule has 1 amide bonds. The second kappa shape index (κ2) is 9.19. The van der Waals surface area contributed by atoms with Crippen LogP contribution in [0.3, 0.4) is 0 Å². The molecule has 3 aliphatic heterocycles. The molecule has 0 aromatic heterocycles. The standard InChI is InChI=1S/C33H22Cl2N2O3/c34-21-16-13-20(14-17-21)30(38)28-29(31(39)22-8-2-4-10-24(22)35)37-26-12-6-1-7-19(26)15-18-27(37)33(28)23-9-3-5-11-25(23)36-32(33)40/h1-18,27-29H,(H,36,40). The van der Waals surface area contributed by atoms with Gasteiger partial charge in [-0.25, -0.2) is 0 Å². The van der Waals surface area contributed by atoms with Crippen LogP contribution in [0.1, 0.15) is 31.8 Å². The lowest BCUT2D eigenvalue weighted by Crippen LogP contribution is -2.51. The summed E-state index contributed by atoms with van der Waals surface area (Å²) in [5.41, 5.74) is 2.32. The Morgan fingerprint density at radius 2 is 1.50 bits per heavy atom. The number of fused-ring (bicyclic) bond motifs is 6. The van der Waals surface area contributed by atoms with Gasteiger partial charge in [0.1, 0.15) is 11.5 Å². The molecule has 0 radical (unpaired) electrons. The van der Waals surface area contributed by atoms with Crippen molar-refractivity contribution in [3.8, 4) is 0 Å². The first-order valence-corrected chi connectivity index (χ1v) is 13.7. The maximum Gasteiger partial charge on any atom is 0.238 e. The molecular formula is C33H22Cl2N2O3. The lowest BCUT2D eigenvalue weighted by atomic mass is 9.64. The van der Waals surface area contributed by atoms with E-state index in [2.05, 4.69) is 5.32 Å². The first-order chi connectivity index (χ1) is 19.4. The molecule has 40 heavy (non-hydrogen) atoms. The van der Waals surface area contributed by atoms with Crippen LogP contribution < -0.4 is 10.2 Å². The van der Waals surface area contributed by atoms with Crippen molar-refractivity contribution in [2.75, 3.05) is 10.2 Å². The van der Waals surface area contributed by atoms with E-state index in [0.717, 1.165) is 11.3 Å². The first kappa shape index (κ1) is 24.8. The maximum absolute atomic E-state index is 14.7. The van der Waals surface area contributed by atoms with Crippen molar-refractivity contribution < 1.29 is 14.4 Å². The van der Waals surface area contributed by atoms with Gasteiger partial charge in [0.2, 0.25) is 5.91 Å². The highest BCUT2D eigenvalue weighted by atomic mass is 35.5. The van der Waals surface area contributed by atoms with Crippen molar-refractivity contribution in [3.63, 3.8) is 0 Å². The van der Waals surface area contributed by atoms with Crippen molar-refractivity contribution in [1.82, 2.24) is 0 Å². The number of carbonyl (C=O) groups excluding carboxylic acids is 3. The third kappa shape index (κ3) is 3.38. The topological polar surface area (TPSA) is 66.5 Å². The van der Waals surface area contributed by atoms with Crippen LogP contribution in [-0.2, 0) is 10.2 Å². The van der Waals surface area contributed by atoms with E-state index in [1.165, 1.54) is 0 Å². The molecule has 4 unspecified atom stereocenters. The predicted octanol–water partition coefficient (Wildman–Crippen LogP) is 6.85. The third-order valence-electron chi connectivity index (χ3n) is 8.36. The molecule has 1 fully saturated rings. The number of carbonyl (C=O) groups is 3. The van der Waals surface area contributed by atoms with Crippen LogP contribution >= 0.6 is 23.2 Å². The number of benzene rings is 4. The Labute approximate surface area is 241 Å². The third-order valence-corrected chi connectivity index (χ3v) is 8.94. The van der Waals surface area contributed by atoms with E-state index in [1.807, 2.05) is 65.6 Å². The monoisotopic (exact) mass is 564 g/mol. The highest BCUT2D eigenvalue weighted by molar-refractivity contribution is 6.34. The van der Waals surface area contributed by atoms with E-state index < -0.39 is 23.4 Å². The first-order valence-electron chi connectivity index (χ1n) is 13.0. The molecule has 3 heterocycles. The minimum atomic E-state index is -1.38. The molecule has 0 bridgehead atoms. The summed E-state index contributed by atoms with van der Waals surface area (Å²) >= 11 is 12.7. The van der Waals surface area contributed by atoms with E-state index in [1.54, 1.807) is 48.5 Å². The Bertz CT molecular complexity index is 1750. The lowest BCUT2D eigenvalue weighted by Gasteiger charge is -2.37. The van der Waals surface area contributed by atoms with E-state index in [0.29, 0.717) is 32.4 Å². The summed E-state index contributed by atoms with van der Waals surface area (Å²) in [6, 6.07) is 26.9. The van der Waals surface area contributed by atoms with Crippen molar-refractivity contribution in [2.45, 2.75) is 17.5 Å². The molecule has 4 aromatic rings. The fourth-order valence-electron chi connectivity index (χ4n) is 6.73. The van der Waals surface area contributed by atoms with Crippen LogP contribution in [-0.4, -0.2) is 29.6 Å².